The van der Waals surface area contributed by atoms with Gasteiger partial charge in [-0.3, -0.25) is 0 Å². The van der Waals surface area contributed by atoms with Crippen LogP contribution in [0.2, 0.25) is 0 Å². The summed E-state index contributed by atoms with van der Waals surface area (Å²) in [4.78, 5) is 4.33. The molecule has 1 unspecified atom stereocenters. The third-order valence-electron chi connectivity index (χ3n) is 3.02. The van der Waals surface area contributed by atoms with E-state index >= 15 is 0 Å². The van der Waals surface area contributed by atoms with Gasteiger partial charge in [0.1, 0.15) is 5.75 Å². The minimum absolute atomic E-state index is 0.0956. The summed E-state index contributed by atoms with van der Waals surface area (Å²) < 4.78 is 10.8. The van der Waals surface area contributed by atoms with Crippen LogP contribution in [0, 0.1) is 5.41 Å². The Morgan fingerprint density at radius 1 is 1.25 bits per heavy atom. The maximum atomic E-state index is 6.09. The van der Waals surface area contributed by atoms with Gasteiger partial charge in [0.05, 0.1) is 19.1 Å². The molecule has 1 atom stereocenters. The number of hydrogen-bond donors (Lipinski definition) is 1. The maximum Gasteiger partial charge on any atom is 0.230 e. The Bertz CT molecular complexity index is 532. The van der Waals surface area contributed by atoms with Crippen molar-refractivity contribution in [3.8, 4) is 5.75 Å². The molecule has 2 rings (SSSR count). The fraction of sp³-hybridized carbons (Fsp3) is 0.467. The van der Waals surface area contributed by atoms with Gasteiger partial charge in [0.2, 0.25) is 5.89 Å². The van der Waals surface area contributed by atoms with Gasteiger partial charge in [-0.2, -0.15) is 4.98 Å². The summed E-state index contributed by atoms with van der Waals surface area (Å²) in [6, 6.07) is 9.40. The van der Waals surface area contributed by atoms with Crippen molar-refractivity contribution in [2.45, 2.75) is 33.2 Å². The van der Waals surface area contributed by atoms with Crippen LogP contribution in [-0.2, 0) is 6.42 Å². The largest absolute Gasteiger partial charge is 0.493 e. The number of hydrogen-bond acceptors (Lipinski definition) is 5. The Hall–Kier alpha value is -1.88. The standard InChI is InChI=1S/C15H21N3O2/c1-15(2,3)13(16)14-17-12(20-18-14)9-10-19-11-7-5-4-6-8-11/h4-8,13H,9-10,16H2,1-3H3. The van der Waals surface area contributed by atoms with Gasteiger partial charge in [-0.05, 0) is 17.5 Å². The minimum atomic E-state index is -0.241. The van der Waals surface area contributed by atoms with Crippen LogP contribution >= 0.6 is 0 Å². The highest BCUT2D eigenvalue weighted by Gasteiger charge is 2.26. The van der Waals surface area contributed by atoms with Crippen molar-refractivity contribution in [2.24, 2.45) is 11.1 Å². The van der Waals surface area contributed by atoms with Crippen LogP contribution in [0.25, 0.3) is 0 Å². The molecule has 20 heavy (non-hydrogen) atoms. The highest BCUT2D eigenvalue weighted by Crippen LogP contribution is 2.28. The first-order chi connectivity index (χ1) is 9.47. The molecule has 0 bridgehead atoms. The van der Waals surface area contributed by atoms with Crippen LogP contribution in [0.1, 0.15) is 38.5 Å². The lowest BCUT2D eigenvalue weighted by Gasteiger charge is -2.23. The number of aromatic nitrogens is 2. The second-order valence-electron chi connectivity index (χ2n) is 5.80. The van der Waals surface area contributed by atoms with E-state index in [1.807, 2.05) is 51.1 Å². The molecule has 0 saturated carbocycles. The minimum Gasteiger partial charge on any atom is -0.493 e. The predicted molar refractivity (Wildman–Crippen MR) is 76.3 cm³/mol. The second kappa shape index (κ2) is 6.05. The first-order valence-electron chi connectivity index (χ1n) is 6.73. The van der Waals surface area contributed by atoms with Gasteiger partial charge in [0.15, 0.2) is 5.82 Å². The van der Waals surface area contributed by atoms with Crippen molar-refractivity contribution in [1.29, 1.82) is 0 Å². The van der Waals surface area contributed by atoms with Crippen LogP contribution < -0.4 is 10.5 Å². The van der Waals surface area contributed by atoms with Crippen LogP contribution in [-0.4, -0.2) is 16.7 Å². The van der Waals surface area contributed by atoms with Gasteiger partial charge < -0.3 is 15.0 Å². The lowest BCUT2D eigenvalue weighted by atomic mass is 9.87. The summed E-state index contributed by atoms with van der Waals surface area (Å²) in [6.45, 7) is 6.64. The van der Waals surface area contributed by atoms with Crippen LogP contribution in [0.15, 0.2) is 34.9 Å². The average molecular weight is 275 g/mol. The van der Waals surface area contributed by atoms with Crippen LogP contribution in [0.4, 0.5) is 0 Å². The van der Waals surface area contributed by atoms with Crippen molar-refractivity contribution >= 4 is 0 Å². The molecule has 0 amide bonds. The summed E-state index contributed by atoms with van der Waals surface area (Å²) >= 11 is 0. The zero-order valence-corrected chi connectivity index (χ0v) is 12.2. The first-order valence-corrected chi connectivity index (χ1v) is 6.73. The van der Waals surface area contributed by atoms with Crippen molar-refractivity contribution in [2.75, 3.05) is 6.61 Å². The molecular weight excluding hydrogens is 254 g/mol. The summed E-state index contributed by atoms with van der Waals surface area (Å²) in [6.07, 6.45) is 0.568. The van der Waals surface area contributed by atoms with Gasteiger partial charge in [0.25, 0.3) is 0 Å². The predicted octanol–water partition coefficient (Wildman–Crippen LogP) is 2.74. The smallest absolute Gasteiger partial charge is 0.230 e. The molecule has 0 radical (unpaired) electrons. The zero-order chi connectivity index (χ0) is 14.6. The average Bonchev–Trinajstić information content (AvgIpc) is 2.87. The normalized spacial score (nSPS) is 13.2. The van der Waals surface area contributed by atoms with E-state index in [0.717, 1.165) is 5.75 Å². The van der Waals surface area contributed by atoms with Crippen LogP contribution in [0.3, 0.4) is 0 Å². The lowest BCUT2D eigenvalue weighted by Crippen LogP contribution is -2.27. The van der Waals surface area contributed by atoms with E-state index in [-0.39, 0.29) is 11.5 Å². The third kappa shape index (κ3) is 3.81. The summed E-state index contributed by atoms with van der Waals surface area (Å²) in [5.41, 5.74) is 5.99. The molecule has 108 valence electrons. The molecule has 2 aromatic rings. The Morgan fingerprint density at radius 3 is 2.60 bits per heavy atom. The fourth-order valence-corrected chi connectivity index (χ4v) is 1.66. The molecule has 0 aliphatic heterocycles. The molecule has 1 heterocycles. The Kier molecular flexibility index (Phi) is 4.39. The van der Waals surface area contributed by atoms with E-state index in [9.17, 15) is 0 Å². The van der Waals surface area contributed by atoms with E-state index in [2.05, 4.69) is 10.1 Å². The molecular formula is C15H21N3O2. The third-order valence-corrected chi connectivity index (χ3v) is 3.02. The maximum absolute atomic E-state index is 6.09. The quantitative estimate of drug-likeness (QED) is 0.908. The molecule has 0 fully saturated rings. The molecule has 1 aromatic carbocycles. The van der Waals surface area contributed by atoms with Crippen LogP contribution in [0.5, 0.6) is 5.75 Å². The van der Waals surface area contributed by atoms with E-state index in [4.69, 9.17) is 15.0 Å². The fourth-order valence-electron chi connectivity index (χ4n) is 1.66. The monoisotopic (exact) mass is 275 g/mol. The molecule has 1 aromatic heterocycles. The summed E-state index contributed by atoms with van der Waals surface area (Å²) in [7, 11) is 0. The van der Waals surface area contributed by atoms with E-state index < -0.39 is 0 Å². The van der Waals surface area contributed by atoms with Gasteiger partial charge in [0, 0.05) is 0 Å². The second-order valence-corrected chi connectivity index (χ2v) is 5.80. The molecule has 5 nitrogen and oxygen atoms in total. The lowest BCUT2D eigenvalue weighted by molar-refractivity contribution is 0.284. The summed E-state index contributed by atoms with van der Waals surface area (Å²) in [5.74, 6) is 1.93. The van der Waals surface area contributed by atoms with Gasteiger partial charge in [-0.25, -0.2) is 0 Å². The Labute approximate surface area is 119 Å². The van der Waals surface area contributed by atoms with Gasteiger partial charge >= 0.3 is 0 Å². The molecule has 0 saturated heterocycles. The Morgan fingerprint density at radius 2 is 1.95 bits per heavy atom. The van der Waals surface area contributed by atoms with E-state index in [1.54, 1.807) is 0 Å². The molecule has 0 aliphatic rings. The number of nitrogens with two attached hydrogens (primary N) is 1. The summed E-state index contributed by atoms with van der Waals surface area (Å²) in [5, 5.41) is 3.94. The van der Waals surface area contributed by atoms with Gasteiger partial charge in [-0.15, -0.1) is 0 Å². The topological polar surface area (TPSA) is 74.2 Å². The molecule has 0 aliphatic carbocycles. The first kappa shape index (κ1) is 14.5. The zero-order valence-electron chi connectivity index (χ0n) is 12.2. The molecule has 5 heteroatoms. The number of nitrogens with zero attached hydrogens (tertiary/aromatic N) is 2. The Balaban J connectivity index is 1.87. The number of ether oxygens (including phenoxy) is 1. The number of rotatable bonds is 5. The van der Waals surface area contributed by atoms with Crippen molar-refractivity contribution < 1.29 is 9.26 Å². The molecule has 2 N–H and O–H groups in total. The van der Waals surface area contributed by atoms with Crippen molar-refractivity contribution in [1.82, 2.24) is 10.1 Å². The SMILES string of the molecule is CC(C)(C)C(N)c1noc(CCOc2ccccc2)n1. The van der Waals surface area contributed by atoms with Crippen molar-refractivity contribution in [3.63, 3.8) is 0 Å². The van der Waals surface area contributed by atoms with E-state index in [1.165, 1.54) is 0 Å². The number of para-hydroxylation sites is 1. The molecule has 0 spiro atoms. The van der Waals surface area contributed by atoms with Crippen molar-refractivity contribution in [3.05, 3.63) is 42.0 Å². The van der Waals surface area contributed by atoms with E-state index in [0.29, 0.717) is 24.7 Å². The van der Waals surface area contributed by atoms with Gasteiger partial charge in [-0.1, -0.05) is 44.1 Å². The highest BCUT2D eigenvalue weighted by molar-refractivity contribution is 5.20. The highest BCUT2D eigenvalue weighted by atomic mass is 16.5. The number of benzene rings is 1.